The molecule has 0 spiro atoms. The minimum absolute atomic E-state index is 0.00310. The van der Waals surface area contributed by atoms with Crippen LogP contribution in [0.5, 0.6) is 5.75 Å². The van der Waals surface area contributed by atoms with Gasteiger partial charge in [0.25, 0.3) is 0 Å². The van der Waals surface area contributed by atoms with Gasteiger partial charge in [0.2, 0.25) is 0 Å². The van der Waals surface area contributed by atoms with Gasteiger partial charge in [0.15, 0.2) is 5.75 Å². The third kappa shape index (κ3) is 3.36. The molecule has 0 aliphatic heterocycles. The van der Waals surface area contributed by atoms with E-state index in [9.17, 15) is 10.1 Å². The summed E-state index contributed by atoms with van der Waals surface area (Å²) in [5, 5.41) is 14.3. The fourth-order valence-electron chi connectivity index (χ4n) is 2.49. The van der Waals surface area contributed by atoms with Crippen molar-refractivity contribution in [1.82, 2.24) is 0 Å². The zero-order chi connectivity index (χ0) is 13.8. The van der Waals surface area contributed by atoms with Crippen molar-refractivity contribution >= 4 is 11.4 Å². The Hall–Kier alpha value is -1.78. The summed E-state index contributed by atoms with van der Waals surface area (Å²) >= 11 is 0. The van der Waals surface area contributed by atoms with Crippen LogP contribution in [0.25, 0.3) is 0 Å². The normalized spacial score (nSPS) is 16.5. The Bertz CT molecular complexity index is 458. The van der Waals surface area contributed by atoms with E-state index >= 15 is 0 Å². The number of hydrogen-bond donors (Lipinski definition) is 1. The summed E-state index contributed by atoms with van der Waals surface area (Å²) < 4.78 is 4.99. The van der Waals surface area contributed by atoms with E-state index in [1.165, 1.54) is 32.4 Å². The second-order valence-corrected chi connectivity index (χ2v) is 5.22. The van der Waals surface area contributed by atoms with Crippen molar-refractivity contribution in [3.05, 3.63) is 28.3 Å². The molecule has 1 N–H and O–H groups in total. The second-order valence-electron chi connectivity index (χ2n) is 5.22. The Morgan fingerprint density at radius 3 is 2.79 bits per heavy atom. The summed E-state index contributed by atoms with van der Waals surface area (Å²) in [6.45, 7) is 2.12. The Morgan fingerprint density at radius 2 is 2.26 bits per heavy atom. The first-order valence-electron chi connectivity index (χ1n) is 6.69. The standard InChI is InChI=1S/C14H20N2O3/c1-10(8-11-4-3-5-11)15-12-6-7-14(19-2)13(9-12)16(17)18/h6-7,9-11,15H,3-5,8H2,1-2H3. The zero-order valence-electron chi connectivity index (χ0n) is 11.4. The van der Waals surface area contributed by atoms with Crippen LogP contribution in [0.3, 0.4) is 0 Å². The van der Waals surface area contributed by atoms with Crippen LogP contribution in [0.15, 0.2) is 18.2 Å². The van der Waals surface area contributed by atoms with E-state index in [-0.39, 0.29) is 5.69 Å². The average molecular weight is 264 g/mol. The monoisotopic (exact) mass is 264 g/mol. The molecule has 2 rings (SSSR count). The molecule has 1 aliphatic rings. The zero-order valence-corrected chi connectivity index (χ0v) is 11.4. The van der Waals surface area contributed by atoms with Gasteiger partial charge in [-0.2, -0.15) is 0 Å². The van der Waals surface area contributed by atoms with E-state index in [2.05, 4.69) is 12.2 Å². The molecule has 0 bridgehead atoms. The summed E-state index contributed by atoms with van der Waals surface area (Å²) in [6, 6.07) is 5.33. The Morgan fingerprint density at radius 1 is 1.53 bits per heavy atom. The topological polar surface area (TPSA) is 64.4 Å². The number of ether oxygens (including phenoxy) is 1. The van der Waals surface area contributed by atoms with Crippen LogP contribution < -0.4 is 10.1 Å². The number of nitrogens with one attached hydrogen (secondary N) is 1. The largest absolute Gasteiger partial charge is 0.490 e. The number of nitro groups is 1. The molecule has 1 aliphatic carbocycles. The molecule has 0 amide bonds. The van der Waals surface area contributed by atoms with Crippen LogP contribution >= 0.6 is 0 Å². The van der Waals surface area contributed by atoms with Crippen LogP contribution in [0, 0.1) is 16.0 Å². The lowest BCUT2D eigenvalue weighted by molar-refractivity contribution is -0.385. The quantitative estimate of drug-likeness (QED) is 0.630. The van der Waals surface area contributed by atoms with E-state index in [1.54, 1.807) is 6.07 Å². The second kappa shape index (κ2) is 5.91. The number of benzene rings is 1. The predicted molar refractivity (Wildman–Crippen MR) is 74.7 cm³/mol. The number of rotatable bonds is 6. The number of hydrogen-bond acceptors (Lipinski definition) is 4. The van der Waals surface area contributed by atoms with Crippen molar-refractivity contribution in [2.24, 2.45) is 5.92 Å². The number of anilines is 1. The van der Waals surface area contributed by atoms with Crippen molar-refractivity contribution in [2.45, 2.75) is 38.6 Å². The Kier molecular flexibility index (Phi) is 4.24. The SMILES string of the molecule is COc1ccc(NC(C)CC2CCC2)cc1[N+](=O)[O-]. The fourth-order valence-corrected chi connectivity index (χ4v) is 2.49. The lowest BCUT2D eigenvalue weighted by Crippen LogP contribution is -2.23. The first-order valence-corrected chi connectivity index (χ1v) is 6.69. The first-order chi connectivity index (χ1) is 9.10. The van der Waals surface area contributed by atoms with Crippen LogP contribution in [0.2, 0.25) is 0 Å². The maximum Gasteiger partial charge on any atom is 0.312 e. The van der Waals surface area contributed by atoms with Gasteiger partial charge in [-0.1, -0.05) is 19.3 Å². The summed E-state index contributed by atoms with van der Waals surface area (Å²) in [5.41, 5.74) is 0.780. The lowest BCUT2D eigenvalue weighted by atomic mass is 9.81. The Balaban J connectivity index is 2.03. The molecule has 19 heavy (non-hydrogen) atoms. The molecule has 5 heteroatoms. The van der Waals surface area contributed by atoms with Crippen molar-refractivity contribution < 1.29 is 9.66 Å². The molecule has 5 nitrogen and oxygen atoms in total. The molecule has 1 unspecified atom stereocenters. The summed E-state index contributed by atoms with van der Waals surface area (Å²) in [4.78, 5) is 10.5. The van der Waals surface area contributed by atoms with Gasteiger partial charge in [-0.15, -0.1) is 0 Å². The van der Waals surface area contributed by atoms with Crippen molar-refractivity contribution in [3.8, 4) is 5.75 Å². The van der Waals surface area contributed by atoms with E-state index in [0.29, 0.717) is 11.8 Å². The third-order valence-electron chi connectivity index (χ3n) is 3.70. The van der Waals surface area contributed by atoms with Gasteiger partial charge in [0, 0.05) is 17.8 Å². The molecule has 1 aromatic carbocycles. The minimum Gasteiger partial charge on any atom is -0.490 e. The smallest absolute Gasteiger partial charge is 0.312 e. The van der Waals surface area contributed by atoms with Gasteiger partial charge < -0.3 is 10.1 Å². The number of methoxy groups -OCH3 is 1. The van der Waals surface area contributed by atoms with Gasteiger partial charge >= 0.3 is 5.69 Å². The van der Waals surface area contributed by atoms with Gasteiger partial charge in [0.1, 0.15) is 0 Å². The van der Waals surface area contributed by atoms with Crippen molar-refractivity contribution in [2.75, 3.05) is 12.4 Å². The van der Waals surface area contributed by atoms with Crippen LogP contribution in [0.4, 0.5) is 11.4 Å². The van der Waals surface area contributed by atoms with Gasteiger partial charge in [-0.3, -0.25) is 10.1 Å². The average Bonchev–Trinajstić information content (AvgIpc) is 2.33. The van der Waals surface area contributed by atoms with Gasteiger partial charge in [-0.05, 0) is 31.4 Å². The molecule has 0 aromatic heterocycles. The minimum atomic E-state index is -0.416. The number of nitro benzene ring substituents is 1. The lowest BCUT2D eigenvalue weighted by Gasteiger charge is -2.28. The molecule has 1 fully saturated rings. The van der Waals surface area contributed by atoms with E-state index in [0.717, 1.165) is 18.0 Å². The maximum absolute atomic E-state index is 10.9. The van der Waals surface area contributed by atoms with E-state index in [1.807, 2.05) is 6.07 Å². The van der Waals surface area contributed by atoms with Gasteiger partial charge in [0.05, 0.1) is 12.0 Å². The molecular formula is C14H20N2O3. The first kappa shape index (κ1) is 13.6. The molecule has 0 radical (unpaired) electrons. The molecular weight excluding hydrogens is 244 g/mol. The molecule has 1 aromatic rings. The van der Waals surface area contributed by atoms with Crippen LogP contribution in [-0.4, -0.2) is 18.1 Å². The fraction of sp³-hybridized carbons (Fsp3) is 0.571. The highest BCUT2D eigenvalue weighted by Crippen LogP contribution is 2.33. The van der Waals surface area contributed by atoms with Crippen molar-refractivity contribution in [3.63, 3.8) is 0 Å². The summed E-state index contributed by atoms with van der Waals surface area (Å²) in [7, 11) is 1.44. The van der Waals surface area contributed by atoms with E-state index < -0.39 is 4.92 Å². The maximum atomic E-state index is 10.9. The van der Waals surface area contributed by atoms with Gasteiger partial charge in [-0.25, -0.2) is 0 Å². The van der Waals surface area contributed by atoms with Crippen LogP contribution in [-0.2, 0) is 0 Å². The third-order valence-corrected chi connectivity index (χ3v) is 3.70. The summed E-state index contributed by atoms with van der Waals surface area (Å²) in [6.07, 6.45) is 5.09. The molecule has 1 saturated carbocycles. The highest BCUT2D eigenvalue weighted by Gasteiger charge is 2.21. The summed E-state index contributed by atoms with van der Waals surface area (Å²) in [5.74, 6) is 1.11. The molecule has 1 atom stereocenters. The highest BCUT2D eigenvalue weighted by molar-refractivity contribution is 5.58. The molecule has 0 saturated heterocycles. The van der Waals surface area contributed by atoms with Crippen LogP contribution in [0.1, 0.15) is 32.6 Å². The highest BCUT2D eigenvalue weighted by atomic mass is 16.6. The Labute approximate surface area is 113 Å². The van der Waals surface area contributed by atoms with E-state index in [4.69, 9.17) is 4.74 Å². The number of nitrogens with zero attached hydrogens (tertiary/aromatic N) is 1. The molecule has 0 heterocycles. The predicted octanol–water partition coefficient (Wildman–Crippen LogP) is 3.59. The molecule has 104 valence electrons. The van der Waals surface area contributed by atoms with Crippen molar-refractivity contribution in [1.29, 1.82) is 0 Å².